The van der Waals surface area contributed by atoms with Gasteiger partial charge in [-0.15, -0.1) is 0 Å². The fourth-order valence-electron chi connectivity index (χ4n) is 2.02. The summed E-state index contributed by atoms with van der Waals surface area (Å²) in [5.74, 6) is 0.944. The number of para-hydroxylation sites is 1. The van der Waals surface area contributed by atoms with Gasteiger partial charge in [0.15, 0.2) is 11.5 Å². The lowest BCUT2D eigenvalue weighted by Crippen LogP contribution is -2.05. The molecule has 0 aliphatic rings. The van der Waals surface area contributed by atoms with Crippen molar-refractivity contribution in [1.82, 2.24) is 0 Å². The molecular weight excluding hydrogens is 293 g/mol. The smallest absolute Gasteiger partial charge is 0.165 e. The Balaban J connectivity index is 2.17. The number of nitrogens with one attached hydrogen (secondary N) is 1. The molecular formula is C16H17ClFNO2. The second-order valence-electron chi connectivity index (χ2n) is 4.36. The number of benzene rings is 2. The van der Waals surface area contributed by atoms with Crippen LogP contribution >= 0.6 is 11.6 Å². The fourth-order valence-corrected chi connectivity index (χ4v) is 2.18. The number of ether oxygens (including phenoxy) is 2. The molecule has 0 fully saturated rings. The lowest BCUT2D eigenvalue weighted by molar-refractivity contribution is 0.309. The normalized spacial score (nSPS) is 10.3. The molecule has 3 nitrogen and oxygen atoms in total. The van der Waals surface area contributed by atoms with Crippen LogP contribution in [0.2, 0.25) is 5.02 Å². The number of hydrogen-bond donors (Lipinski definition) is 1. The predicted octanol–water partition coefficient (Wildman–Crippen LogP) is 4.50. The van der Waals surface area contributed by atoms with Gasteiger partial charge in [-0.05, 0) is 31.2 Å². The molecule has 0 unspecified atom stereocenters. The quantitative estimate of drug-likeness (QED) is 0.852. The van der Waals surface area contributed by atoms with E-state index < -0.39 is 0 Å². The Bertz CT molecular complexity index is 619. The maximum atomic E-state index is 13.7. The first-order valence-corrected chi connectivity index (χ1v) is 7.01. The topological polar surface area (TPSA) is 30.5 Å². The first kappa shape index (κ1) is 15.4. The summed E-state index contributed by atoms with van der Waals surface area (Å²) < 4.78 is 24.6. The van der Waals surface area contributed by atoms with Crippen LogP contribution in [0.5, 0.6) is 11.5 Å². The molecule has 1 N–H and O–H groups in total. The largest absolute Gasteiger partial charge is 0.493 e. The predicted molar refractivity (Wildman–Crippen MR) is 82.9 cm³/mol. The van der Waals surface area contributed by atoms with Gasteiger partial charge >= 0.3 is 0 Å². The number of hydrogen-bond acceptors (Lipinski definition) is 3. The zero-order valence-electron chi connectivity index (χ0n) is 12.0. The summed E-state index contributed by atoms with van der Waals surface area (Å²) in [6.45, 7) is 2.88. The van der Waals surface area contributed by atoms with Crippen molar-refractivity contribution >= 4 is 17.3 Å². The van der Waals surface area contributed by atoms with E-state index in [-0.39, 0.29) is 5.82 Å². The van der Waals surface area contributed by atoms with Crippen molar-refractivity contribution in [1.29, 1.82) is 0 Å². The highest BCUT2D eigenvalue weighted by Crippen LogP contribution is 2.31. The van der Waals surface area contributed by atoms with Gasteiger partial charge in [-0.25, -0.2) is 4.39 Å². The van der Waals surface area contributed by atoms with E-state index in [1.54, 1.807) is 19.2 Å². The van der Waals surface area contributed by atoms with E-state index in [4.69, 9.17) is 21.1 Å². The maximum Gasteiger partial charge on any atom is 0.165 e. The molecule has 2 aromatic carbocycles. The van der Waals surface area contributed by atoms with Gasteiger partial charge in [0.1, 0.15) is 5.82 Å². The Hall–Kier alpha value is -1.94. The van der Waals surface area contributed by atoms with Gasteiger partial charge < -0.3 is 14.8 Å². The number of methoxy groups -OCH3 is 1. The van der Waals surface area contributed by atoms with Crippen LogP contribution in [0.3, 0.4) is 0 Å². The van der Waals surface area contributed by atoms with Gasteiger partial charge in [0, 0.05) is 17.1 Å². The minimum Gasteiger partial charge on any atom is -0.493 e. The molecule has 0 spiro atoms. The van der Waals surface area contributed by atoms with Crippen molar-refractivity contribution in [2.45, 2.75) is 13.5 Å². The third-order valence-electron chi connectivity index (χ3n) is 2.96. The summed E-state index contributed by atoms with van der Waals surface area (Å²) in [7, 11) is 1.59. The maximum absolute atomic E-state index is 13.7. The molecule has 0 atom stereocenters. The number of halogens is 2. The fraction of sp³-hybridized carbons (Fsp3) is 0.250. The second kappa shape index (κ2) is 7.18. The SMILES string of the molecule is CCOc1cccc(CNc2ccc(Cl)cc2F)c1OC. The molecule has 5 heteroatoms. The highest BCUT2D eigenvalue weighted by Gasteiger charge is 2.10. The van der Waals surface area contributed by atoms with Gasteiger partial charge in [-0.1, -0.05) is 23.7 Å². The molecule has 0 aliphatic carbocycles. The minimum absolute atomic E-state index is 0.369. The standard InChI is InChI=1S/C16H17ClFNO2/c1-3-21-15-6-4-5-11(16(15)20-2)10-19-14-8-7-12(17)9-13(14)18/h4-9,19H,3,10H2,1-2H3. The van der Waals surface area contributed by atoms with Gasteiger partial charge in [-0.3, -0.25) is 0 Å². The zero-order valence-corrected chi connectivity index (χ0v) is 12.7. The Morgan fingerprint density at radius 2 is 2.05 bits per heavy atom. The molecule has 0 bridgehead atoms. The third-order valence-corrected chi connectivity index (χ3v) is 3.20. The van der Waals surface area contributed by atoms with E-state index in [1.165, 1.54) is 6.07 Å². The summed E-state index contributed by atoms with van der Waals surface area (Å²) in [5, 5.41) is 3.40. The van der Waals surface area contributed by atoms with Crippen molar-refractivity contribution in [3.8, 4) is 11.5 Å². The van der Waals surface area contributed by atoms with Crippen LogP contribution in [0.25, 0.3) is 0 Å². The van der Waals surface area contributed by atoms with Crippen LogP contribution in [0.15, 0.2) is 36.4 Å². The Labute approximate surface area is 128 Å². The van der Waals surface area contributed by atoms with Crippen molar-refractivity contribution in [3.63, 3.8) is 0 Å². The van der Waals surface area contributed by atoms with E-state index in [0.29, 0.717) is 35.4 Å². The lowest BCUT2D eigenvalue weighted by atomic mass is 10.1. The molecule has 0 heterocycles. The molecule has 0 radical (unpaired) electrons. The van der Waals surface area contributed by atoms with E-state index in [9.17, 15) is 4.39 Å². The molecule has 0 saturated carbocycles. The molecule has 112 valence electrons. The highest BCUT2D eigenvalue weighted by atomic mass is 35.5. The minimum atomic E-state index is -0.387. The van der Waals surface area contributed by atoms with E-state index >= 15 is 0 Å². The van der Waals surface area contributed by atoms with Gasteiger partial charge in [0.25, 0.3) is 0 Å². The first-order chi connectivity index (χ1) is 10.2. The van der Waals surface area contributed by atoms with Crippen molar-refractivity contribution in [3.05, 3.63) is 52.8 Å². The average molecular weight is 310 g/mol. The molecule has 0 amide bonds. The first-order valence-electron chi connectivity index (χ1n) is 6.63. The molecule has 21 heavy (non-hydrogen) atoms. The Kier molecular flexibility index (Phi) is 5.28. The van der Waals surface area contributed by atoms with E-state index in [2.05, 4.69) is 5.32 Å². The average Bonchev–Trinajstić information content (AvgIpc) is 2.47. The second-order valence-corrected chi connectivity index (χ2v) is 4.80. The summed E-state index contributed by atoms with van der Waals surface area (Å²) in [6, 6.07) is 10.1. The third kappa shape index (κ3) is 3.79. The summed E-state index contributed by atoms with van der Waals surface area (Å²) in [4.78, 5) is 0. The number of anilines is 1. The molecule has 2 aromatic rings. The molecule has 2 rings (SSSR count). The molecule has 0 aliphatic heterocycles. The van der Waals surface area contributed by atoms with Crippen LogP contribution in [0.4, 0.5) is 10.1 Å². The summed E-state index contributed by atoms with van der Waals surface area (Å²) >= 11 is 5.73. The molecule has 0 aromatic heterocycles. The van der Waals surface area contributed by atoms with Gasteiger partial charge in [0.05, 0.1) is 19.4 Å². The van der Waals surface area contributed by atoms with E-state index in [0.717, 1.165) is 5.56 Å². The van der Waals surface area contributed by atoms with Crippen LogP contribution in [0.1, 0.15) is 12.5 Å². The number of rotatable bonds is 6. The van der Waals surface area contributed by atoms with Crippen LogP contribution < -0.4 is 14.8 Å². The van der Waals surface area contributed by atoms with Crippen molar-refractivity contribution in [2.75, 3.05) is 19.0 Å². The lowest BCUT2D eigenvalue weighted by Gasteiger charge is -2.15. The molecule has 0 saturated heterocycles. The Morgan fingerprint density at radius 3 is 2.71 bits per heavy atom. The van der Waals surface area contributed by atoms with E-state index in [1.807, 2.05) is 25.1 Å². The van der Waals surface area contributed by atoms with Crippen molar-refractivity contribution in [2.24, 2.45) is 0 Å². The van der Waals surface area contributed by atoms with Crippen LogP contribution in [-0.4, -0.2) is 13.7 Å². The van der Waals surface area contributed by atoms with Crippen LogP contribution in [0, 0.1) is 5.82 Å². The zero-order chi connectivity index (χ0) is 15.2. The van der Waals surface area contributed by atoms with Crippen molar-refractivity contribution < 1.29 is 13.9 Å². The Morgan fingerprint density at radius 1 is 1.24 bits per heavy atom. The summed E-state index contributed by atoms with van der Waals surface area (Å²) in [5.41, 5.74) is 1.28. The highest BCUT2D eigenvalue weighted by molar-refractivity contribution is 6.30. The summed E-state index contributed by atoms with van der Waals surface area (Å²) in [6.07, 6.45) is 0. The monoisotopic (exact) mass is 309 g/mol. The van der Waals surface area contributed by atoms with Gasteiger partial charge in [0.2, 0.25) is 0 Å². The van der Waals surface area contributed by atoms with Gasteiger partial charge in [-0.2, -0.15) is 0 Å². The van der Waals surface area contributed by atoms with Crippen LogP contribution in [-0.2, 0) is 6.54 Å².